The van der Waals surface area contributed by atoms with Crippen molar-refractivity contribution < 1.29 is 19.0 Å². The van der Waals surface area contributed by atoms with Crippen LogP contribution in [0.3, 0.4) is 0 Å². The van der Waals surface area contributed by atoms with Crippen molar-refractivity contribution >= 4 is 5.97 Å². The topological polar surface area (TPSA) is 100 Å². The SMILES string of the molecule is CCOC(=O)CNC1(c2nnnn2-c2ccc3c(c2)OCCO3)CCC(C)CC1. The summed E-state index contributed by atoms with van der Waals surface area (Å²) in [7, 11) is 0. The van der Waals surface area contributed by atoms with Crippen molar-refractivity contribution in [1.82, 2.24) is 25.5 Å². The number of nitrogens with zero attached hydrogens (tertiary/aromatic N) is 4. The average Bonchev–Trinajstić information content (AvgIpc) is 3.24. The Hall–Kier alpha value is -2.68. The van der Waals surface area contributed by atoms with E-state index in [1.54, 1.807) is 11.6 Å². The zero-order valence-electron chi connectivity index (χ0n) is 16.9. The highest BCUT2D eigenvalue weighted by Crippen LogP contribution is 2.40. The first kappa shape index (κ1) is 19.6. The Bertz CT molecular complexity index is 860. The lowest BCUT2D eigenvalue weighted by Gasteiger charge is -2.38. The molecule has 0 radical (unpaired) electrons. The number of aromatic nitrogens is 4. The van der Waals surface area contributed by atoms with Crippen LogP contribution < -0.4 is 14.8 Å². The molecule has 29 heavy (non-hydrogen) atoms. The maximum atomic E-state index is 12.0. The summed E-state index contributed by atoms with van der Waals surface area (Å²) in [6, 6.07) is 5.67. The quantitative estimate of drug-likeness (QED) is 0.734. The number of esters is 1. The summed E-state index contributed by atoms with van der Waals surface area (Å²) in [6.45, 7) is 5.59. The third kappa shape index (κ3) is 4.05. The Balaban J connectivity index is 1.66. The molecule has 1 aromatic heterocycles. The highest BCUT2D eigenvalue weighted by molar-refractivity contribution is 5.71. The van der Waals surface area contributed by atoms with Gasteiger partial charge in [0.2, 0.25) is 0 Å². The molecule has 4 rings (SSSR count). The minimum absolute atomic E-state index is 0.121. The van der Waals surface area contributed by atoms with Gasteiger partial charge in [-0.25, -0.2) is 0 Å². The molecule has 1 aromatic carbocycles. The van der Waals surface area contributed by atoms with Gasteiger partial charge in [-0.15, -0.1) is 5.10 Å². The smallest absolute Gasteiger partial charge is 0.319 e. The van der Waals surface area contributed by atoms with E-state index in [2.05, 4.69) is 27.8 Å². The predicted molar refractivity (Wildman–Crippen MR) is 104 cm³/mol. The summed E-state index contributed by atoms with van der Waals surface area (Å²) in [4.78, 5) is 12.0. The normalized spacial score (nSPS) is 23.6. The number of carbonyl (C=O) groups is 1. The van der Waals surface area contributed by atoms with E-state index < -0.39 is 5.54 Å². The van der Waals surface area contributed by atoms with E-state index in [1.807, 2.05) is 18.2 Å². The first-order chi connectivity index (χ1) is 14.1. The maximum Gasteiger partial charge on any atom is 0.319 e. The summed E-state index contributed by atoms with van der Waals surface area (Å²) in [5.74, 6) is 2.46. The molecule has 1 fully saturated rings. The van der Waals surface area contributed by atoms with Crippen LogP contribution in [0.25, 0.3) is 5.69 Å². The van der Waals surface area contributed by atoms with Gasteiger partial charge in [0, 0.05) is 6.07 Å². The van der Waals surface area contributed by atoms with Gasteiger partial charge in [0.1, 0.15) is 13.2 Å². The van der Waals surface area contributed by atoms with Crippen LogP contribution in [-0.2, 0) is 15.1 Å². The lowest BCUT2D eigenvalue weighted by molar-refractivity contribution is -0.142. The average molecular weight is 401 g/mol. The molecule has 0 bridgehead atoms. The first-order valence-electron chi connectivity index (χ1n) is 10.2. The van der Waals surface area contributed by atoms with Crippen molar-refractivity contribution in [3.63, 3.8) is 0 Å². The van der Waals surface area contributed by atoms with E-state index in [9.17, 15) is 4.79 Å². The van der Waals surface area contributed by atoms with E-state index in [4.69, 9.17) is 14.2 Å². The Morgan fingerprint density at radius 2 is 2.03 bits per heavy atom. The van der Waals surface area contributed by atoms with Gasteiger partial charge in [-0.2, -0.15) is 4.68 Å². The fourth-order valence-corrected chi connectivity index (χ4v) is 4.01. The van der Waals surface area contributed by atoms with Gasteiger partial charge < -0.3 is 14.2 Å². The Morgan fingerprint density at radius 3 is 2.79 bits per heavy atom. The molecule has 2 heterocycles. The second kappa shape index (κ2) is 8.36. The maximum absolute atomic E-state index is 12.0. The molecule has 1 N–H and O–H groups in total. The van der Waals surface area contributed by atoms with Gasteiger partial charge >= 0.3 is 5.97 Å². The lowest BCUT2D eigenvalue weighted by atomic mass is 9.76. The minimum Gasteiger partial charge on any atom is -0.486 e. The standard InChI is InChI=1S/C20H27N5O4/c1-3-27-18(26)13-21-20(8-6-14(2)7-9-20)19-22-23-24-25(19)15-4-5-16-17(12-15)29-11-10-28-16/h4-5,12,14,21H,3,6-11,13H2,1-2H3. The number of benzene rings is 1. The first-order valence-corrected chi connectivity index (χ1v) is 10.2. The highest BCUT2D eigenvalue weighted by Gasteiger charge is 2.41. The highest BCUT2D eigenvalue weighted by atomic mass is 16.6. The van der Waals surface area contributed by atoms with Gasteiger partial charge in [-0.05, 0) is 61.1 Å². The van der Waals surface area contributed by atoms with Crippen LogP contribution in [0.1, 0.15) is 45.4 Å². The summed E-state index contributed by atoms with van der Waals surface area (Å²) < 4.78 is 18.2. The number of fused-ring (bicyclic) bond motifs is 1. The molecule has 0 amide bonds. The van der Waals surface area contributed by atoms with E-state index in [0.717, 1.165) is 37.1 Å². The summed E-state index contributed by atoms with van der Waals surface area (Å²) in [5, 5.41) is 16.0. The predicted octanol–water partition coefficient (Wildman–Crippen LogP) is 1.99. The number of hydrogen-bond acceptors (Lipinski definition) is 8. The number of rotatable bonds is 6. The molecule has 2 aromatic rings. The van der Waals surface area contributed by atoms with Crippen LogP contribution in [0.5, 0.6) is 11.5 Å². The number of carbonyl (C=O) groups excluding carboxylic acids is 1. The van der Waals surface area contributed by atoms with E-state index in [-0.39, 0.29) is 12.5 Å². The fourth-order valence-electron chi connectivity index (χ4n) is 4.01. The lowest BCUT2D eigenvalue weighted by Crippen LogP contribution is -2.49. The van der Waals surface area contributed by atoms with Gasteiger partial charge in [0.05, 0.1) is 24.4 Å². The van der Waals surface area contributed by atoms with Gasteiger partial charge in [0.25, 0.3) is 0 Å². The zero-order chi connectivity index (χ0) is 20.3. The Morgan fingerprint density at radius 1 is 1.28 bits per heavy atom. The molecule has 0 spiro atoms. The van der Waals surface area contributed by atoms with Crippen molar-refractivity contribution in [2.45, 2.75) is 45.1 Å². The second-order valence-corrected chi connectivity index (χ2v) is 7.67. The zero-order valence-corrected chi connectivity index (χ0v) is 16.9. The van der Waals surface area contributed by atoms with Gasteiger partial charge in [0.15, 0.2) is 17.3 Å². The summed E-state index contributed by atoms with van der Waals surface area (Å²) >= 11 is 0. The molecule has 0 unspecified atom stereocenters. The van der Waals surface area contributed by atoms with Crippen LogP contribution in [0.2, 0.25) is 0 Å². The second-order valence-electron chi connectivity index (χ2n) is 7.67. The van der Waals surface area contributed by atoms with Crippen molar-refractivity contribution in [2.75, 3.05) is 26.4 Å². The molecule has 9 nitrogen and oxygen atoms in total. The molecule has 156 valence electrons. The Labute approximate surface area is 169 Å². The van der Waals surface area contributed by atoms with Crippen molar-refractivity contribution in [2.24, 2.45) is 5.92 Å². The number of tetrazole rings is 1. The van der Waals surface area contributed by atoms with Crippen molar-refractivity contribution in [3.8, 4) is 17.2 Å². The number of hydrogen-bond donors (Lipinski definition) is 1. The molecule has 0 atom stereocenters. The van der Waals surface area contributed by atoms with Crippen molar-refractivity contribution in [1.29, 1.82) is 0 Å². The molecular formula is C20H27N5O4. The molecule has 1 aliphatic carbocycles. The number of ether oxygens (including phenoxy) is 3. The minimum atomic E-state index is -0.490. The van der Waals surface area contributed by atoms with E-state index in [1.165, 1.54) is 0 Å². The Kier molecular flexibility index (Phi) is 5.66. The summed E-state index contributed by atoms with van der Waals surface area (Å²) in [5.41, 5.74) is 0.306. The molecule has 2 aliphatic rings. The van der Waals surface area contributed by atoms with Crippen LogP contribution >= 0.6 is 0 Å². The molecule has 1 saturated carbocycles. The number of nitrogens with one attached hydrogen (secondary N) is 1. The third-order valence-corrected chi connectivity index (χ3v) is 5.67. The van der Waals surface area contributed by atoms with Crippen LogP contribution in [0.15, 0.2) is 18.2 Å². The van der Waals surface area contributed by atoms with E-state index >= 15 is 0 Å². The van der Waals surface area contributed by atoms with Crippen LogP contribution in [0.4, 0.5) is 0 Å². The summed E-state index contributed by atoms with van der Waals surface area (Å²) in [6.07, 6.45) is 3.75. The molecule has 0 saturated heterocycles. The molecular weight excluding hydrogens is 374 g/mol. The monoisotopic (exact) mass is 401 g/mol. The third-order valence-electron chi connectivity index (χ3n) is 5.67. The van der Waals surface area contributed by atoms with Crippen LogP contribution in [0, 0.1) is 5.92 Å². The van der Waals surface area contributed by atoms with Gasteiger partial charge in [-0.3, -0.25) is 10.1 Å². The largest absolute Gasteiger partial charge is 0.486 e. The molecule has 9 heteroatoms. The van der Waals surface area contributed by atoms with E-state index in [0.29, 0.717) is 37.3 Å². The van der Waals surface area contributed by atoms with Crippen molar-refractivity contribution in [3.05, 3.63) is 24.0 Å². The van der Waals surface area contributed by atoms with Crippen LogP contribution in [-0.4, -0.2) is 52.5 Å². The fraction of sp³-hybridized carbons (Fsp3) is 0.600. The van der Waals surface area contributed by atoms with Gasteiger partial charge in [-0.1, -0.05) is 6.92 Å². The molecule has 1 aliphatic heterocycles.